The molecule has 2 fully saturated rings. The number of aromatic nitrogens is 3. The van der Waals surface area contributed by atoms with Crippen LogP contribution < -0.4 is 4.90 Å². The first kappa shape index (κ1) is 23.9. The van der Waals surface area contributed by atoms with Crippen LogP contribution in [0.25, 0.3) is 0 Å². The van der Waals surface area contributed by atoms with Gasteiger partial charge in [0, 0.05) is 44.1 Å². The van der Waals surface area contributed by atoms with Gasteiger partial charge in [-0.05, 0) is 32.8 Å². The van der Waals surface area contributed by atoms with E-state index in [1.54, 1.807) is 12.4 Å². The van der Waals surface area contributed by atoms with Crippen LogP contribution in [0.15, 0.2) is 23.0 Å². The SMILES string of the molecule is Cc1noc(C)c1CN1CCOC2(CCCN(c3ncccn3)C2)C1.O=C(O)C(F)(F)F. The van der Waals surface area contributed by atoms with E-state index in [1.165, 1.54) is 5.56 Å². The fourth-order valence-electron chi connectivity index (χ4n) is 3.98. The molecular formula is C20H26F3N5O4. The third kappa shape index (κ3) is 5.94. The molecule has 0 amide bonds. The molecule has 176 valence electrons. The molecule has 0 aromatic carbocycles. The lowest BCUT2D eigenvalue weighted by molar-refractivity contribution is -0.192. The normalized spacial score (nSPS) is 21.8. The van der Waals surface area contributed by atoms with Gasteiger partial charge in [-0.3, -0.25) is 4.90 Å². The van der Waals surface area contributed by atoms with E-state index in [0.29, 0.717) is 0 Å². The zero-order chi connectivity index (χ0) is 23.4. The number of carboxylic acids is 1. The molecule has 1 spiro atoms. The molecule has 1 N–H and O–H groups in total. The van der Waals surface area contributed by atoms with Gasteiger partial charge in [-0.2, -0.15) is 13.2 Å². The van der Waals surface area contributed by atoms with E-state index in [2.05, 4.69) is 24.9 Å². The van der Waals surface area contributed by atoms with E-state index in [4.69, 9.17) is 19.2 Å². The molecule has 32 heavy (non-hydrogen) atoms. The zero-order valence-corrected chi connectivity index (χ0v) is 17.9. The third-order valence-electron chi connectivity index (χ3n) is 5.51. The van der Waals surface area contributed by atoms with Gasteiger partial charge in [0.05, 0.1) is 24.4 Å². The Kier molecular flexibility index (Phi) is 7.34. The highest BCUT2D eigenvalue weighted by Crippen LogP contribution is 2.31. The molecule has 0 radical (unpaired) electrons. The van der Waals surface area contributed by atoms with Gasteiger partial charge >= 0.3 is 12.1 Å². The number of hydrogen-bond donors (Lipinski definition) is 1. The summed E-state index contributed by atoms with van der Waals surface area (Å²) in [5.74, 6) is -1.04. The molecule has 4 heterocycles. The largest absolute Gasteiger partial charge is 0.490 e. The third-order valence-corrected chi connectivity index (χ3v) is 5.51. The molecule has 0 saturated carbocycles. The molecule has 2 saturated heterocycles. The summed E-state index contributed by atoms with van der Waals surface area (Å²) in [6.45, 7) is 9.31. The van der Waals surface area contributed by atoms with Crippen molar-refractivity contribution >= 4 is 11.9 Å². The fraction of sp³-hybridized carbons (Fsp3) is 0.600. The van der Waals surface area contributed by atoms with Crippen LogP contribution in [0, 0.1) is 13.8 Å². The molecule has 12 heteroatoms. The van der Waals surface area contributed by atoms with Crippen LogP contribution in [0.3, 0.4) is 0 Å². The number of ether oxygens (including phenoxy) is 1. The summed E-state index contributed by atoms with van der Waals surface area (Å²) in [6.07, 6.45) is 0.691. The smallest absolute Gasteiger partial charge is 0.475 e. The highest BCUT2D eigenvalue weighted by atomic mass is 19.4. The molecular weight excluding hydrogens is 431 g/mol. The van der Waals surface area contributed by atoms with E-state index in [9.17, 15) is 13.2 Å². The van der Waals surface area contributed by atoms with Gasteiger partial charge in [0.25, 0.3) is 0 Å². The Morgan fingerprint density at radius 1 is 1.22 bits per heavy atom. The van der Waals surface area contributed by atoms with Gasteiger partial charge in [-0.1, -0.05) is 5.16 Å². The molecule has 0 aliphatic carbocycles. The van der Waals surface area contributed by atoms with Gasteiger partial charge in [-0.15, -0.1) is 0 Å². The summed E-state index contributed by atoms with van der Waals surface area (Å²) in [6, 6.07) is 1.85. The van der Waals surface area contributed by atoms with Crippen LogP contribution in [-0.4, -0.2) is 75.7 Å². The lowest BCUT2D eigenvalue weighted by atomic mass is 9.90. The van der Waals surface area contributed by atoms with E-state index < -0.39 is 12.1 Å². The number of nitrogens with zero attached hydrogens (tertiary/aromatic N) is 5. The number of alkyl halides is 3. The first-order chi connectivity index (χ1) is 15.1. The number of aryl methyl sites for hydroxylation is 2. The molecule has 2 aliphatic heterocycles. The standard InChI is InChI=1S/C18H25N5O2.C2HF3O2/c1-14-16(15(2)25-21-14)11-22-9-10-24-18(12-22)5-3-8-23(13-18)17-19-6-4-7-20-17;3-2(4,5)1(6)7/h4,6-7H,3,5,8-13H2,1-2H3;(H,6,7). The second-order valence-electron chi connectivity index (χ2n) is 7.92. The molecule has 2 aliphatic rings. The van der Waals surface area contributed by atoms with Crippen molar-refractivity contribution in [3.8, 4) is 0 Å². The number of morpholine rings is 1. The van der Waals surface area contributed by atoms with Crippen LogP contribution in [0.2, 0.25) is 0 Å². The zero-order valence-electron chi connectivity index (χ0n) is 17.9. The van der Waals surface area contributed by atoms with Crippen molar-refractivity contribution < 1.29 is 32.3 Å². The van der Waals surface area contributed by atoms with Gasteiger partial charge in [0.2, 0.25) is 5.95 Å². The summed E-state index contributed by atoms with van der Waals surface area (Å²) in [7, 11) is 0. The van der Waals surface area contributed by atoms with E-state index in [-0.39, 0.29) is 5.60 Å². The number of carbonyl (C=O) groups is 1. The molecule has 0 bridgehead atoms. The molecule has 9 nitrogen and oxygen atoms in total. The minimum atomic E-state index is -5.08. The summed E-state index contributed by atoms with van der Waals surface area (Å²) < 4.78 is 43.3. The molecule has 2 aromatic rings. The Bertz CT molecular complexity index is 885. The summed E-state index contributed by atoms with van der Waals surface area (Å²) in [5, 5.41) is 11.2. The summed E-state index contributed by atoms with van der Waals surface area (Å²) >= 11 is 0. The minimum Gasteiger partial charge on any atom is -0.475 e. The number of piperidine rings is 1. The van der Waals surface area contributed by atoms with E-state index in [0.717, 1.165) is 69.6 Å². The first-order valence-electron chi connectivity index (χ1n) is 10.2. The van der Waals surface area contributed by atoms with Crippen LogP contribution >= 0.6 is 0 Å². The average Bonchev–Trinajstić information content (AvgIpc) is 3.06. The number of hydrogen-bond acceptors (Lipinski definition) is 8. The predicted octanol–water partition coefficient (Wildman–Crippen LogP) is 2.59. The maximum atomic E-state index is 10.6. The van der Waals surface area contributed by atoms with Crippen molar-refractivity contribution in [2.24, 2.45) is 0 Å². The van der Waals surface area contributed by atoms with Crippen molar-refractivity contribution in [1.29, 1.82) is 0 Å². The maximum absolute atomic E-state index is 10.6. The van der Waals surface area contributed by atoms with Gasteiger partial charge in [0.1, 0.15) is 5.76 Å². The van der Waals surface area contributed by atoms with Crippen molar-refractivity contribution in [1.82, 2.24) is 20.0 Å². The highest BCUT2D eigenvalue weighted by Gasteiger charge is 2.41. The molecule has 1 unspecified atom stereocenters. The Balaban J connectivity index is 0.000000360. The lowest BCUT2D eigenvalue weighted by Crippen LogP contribution is -2.59. The summed E-state index contributed by atoms with van der Waals surface area (Å²) in [4.78, 5) is 22.4. The Hall–Kier alpha value is -2.73. The second-order valence-corrected chi connectivity index (χ2v) is 7.92. The number of rotatable bonds is 3. The van der Waals surface area contributed by atoms with Crippen LogP contribution in [-0.2, 0) is 16.1 Å². The van der Waals surface area contributed by atoms with Crippen molar-refractivity contribution in [3.63, 3.8) is 0 Å². The van der Waals surface area contributed by atoms with Gasteiger partial charge in [0.15, 0.2) is 0 Å². The van der Waals surface area contributed by atoms with E-state index >= 15 is 0 Å². The average molecular weight is 457 g/mol. The summed E-state index contributed by atoms with van der Waals surface area (Å²) in [5.41, 5.74) is 2.05. The predicted molar refractivity (Wildman–Crippen MR) is 107 cm³/mol. The topological polar surface area (TPSA) is 105 Å². The number of anilines is 1. The number of aliphatic carboxylic acids is 1. The number of halogens is 3. The van der Waals surface area contributed by atoms with Crippen LogP contribution in [0.1, 0.15) is 29.9 Å². The quantitative estimate of drug-likeness (QED) is 0.745. The van der Waals surface area contributed by atoms with Gasteiger partial charge in [-0.25, -0.2) is 14.8 Å². The maximum Gasteiger partial charge on any atom is 0.490 e. The Morgan fingerprint density at radius 3 is 2.50 bits per heavy atom. The lowest BCUT2D eigenvalue weighted by Gasteiger charge is -2.48. The Morgan fingerprint density at radius 2 is 1.91 bits per heavy atom. The van der Waals surface area contributed by atoms with Crippen molar-refractivity contribution in [2.45, 2.75) is 45.0 Å². The van der Waals surface area contributed by atoms with Crippen molar-refractivity contribution in [2.75, 3.05) is 37.7 Å². The number of carboxylic acid groups (broad SMARTS) is 1. The monoisotopic (exact) mass is 457 g/mol. The fourth-order valence-corrected chi connectivity index (χ4v) is 3.98. The first-order valence-corrected chi connectivity index (χ1v) is 10.2. The Labute approximate surface area is 183 Å². The van der Waals surface area contributed by atoms with Crippen LogP contribution in [0.5, 0.6) is 0 Å². The molecule has 2 aromatic heterocycles. The van der Waals surface area contributed by atoms with Crippen molar-refractivity contribution in [3.05, 3.63) is 35.5 Å². The molecule has 1 atom stereocenters. The molecule has 4 rings (SSSR count). The van der Waals surface area contributed by atoms with E-state index in [1.807, 2.05) is 19.9 Å². The minimum absolute atomic E-state index is 0.144. The van der Waals surface area contributed by atoms with Gasteiger partial charge < -0.3 is 19.3 Å². The highest BCUT2D eigenvalue weighted by molar-refractivity contribution is 5.73. The second kappa shape index (κ2) is 9.82. The van der Waals surface area contributed by atoms with Crippen LogP contribution in [0.4, 0.5) is 19.1 Å².